The fourth-order valence-electron chi connectivity index (χ4n) is 2.25. The summed E-state index contributed by atoms with van der Waals surface area (Å²) in [5, 5.41) is -0.506. The number of amides is 2. The molecule has 25 heavy (non-hydrogen) atoms. The van der Waals surface area contributed by atoms with E-state index < -0.39 is 23.7 Å². The summed E-state index contributed by atoms with van der Waals surface area (Å²) in [6.07, 6.45) is 1.26. The van der Waals surface area contributed by atoms with Gasteiger partial charge in [0.2, 0.25) is 6.79 Å². The Hall–Kier alpha value is -2.00. The van der Waals surface area contributed by atoms with Gasteiger partial charge in [0.05, 0.1) is 11.0 Å². The smallest absolute Gasteiger partial charge is 0.326 e. The summed E-state index contributed by atoms with van der Waals surface area (Å²) in [6, 6.07) is 3.45. The van der Waals surface area contributed by atoms with Crippen LogP contribution in [0.25, 0.3) is 6.08 Å². The maximum absolute atomic E-state index is 12.4. The number of imide groups is 1. The van der Waals surface area contributed by atoms with Crippen LogP contribution in [0.3, 0.4) is 0 Å². The fraction of sp³-hybridized carbons (Fsp3) is 0.312. The maximum atomic E-state index is 12.4. The molecule has 1 aromatic carbocycles. The molecule has 2 aliphatic rings. The SMILES string of the molecule is CC(C)OC(=O)CN1C(=O)S/C(=C\c2cc3c(cc2Br)OCO3)C1=O. The normalized spacial score (nSPS) is 17.8. The lowest BCUT2D eigenvalue weighted by Gasteiger charge is -2.13. The van der Waals surface area contributed by atoms with Gasteiger partial charge in [-0.05, 0) is 49.4 Å². The molecule has 0 bridgehead atoms. The Balaban J connectivity index is 1.80. The minimum Gasteiger partial charge on any atom is -0.462 e. The summed E-state index contributed by atoms with van der Waals surface area (Å²) in [5.74, 6) is 0.0193. The molecule has 0 unspecified atom stereocenters. The molecule has 0 N–H and O–H groups in total. The van der Waals surface area contributed by atoms with Gasteiger partial charge in [0.1, 0.15) is 6.54 Å². The van der Waals surface area contributed by atoms with Crippen molar-refractivity contribution in [3.05, 3.63) is 27.1 Å². The summed E-state index contributed by atoms with van der Waals surface area (Å²) < 4.78 is 16.3. The highest BCUT2D eigenvalue weighted by Crippen LogP contribution is 2.39. The molecular formula is C16H14BrNO6S. The summed E-state index contributed by atoms with van der Waals surface area (Å²) in [4.78, 5) is 37.3. The quantitative estimate of drug-likeness (QED) is 0.538. The lowest BCUT2D eigenvalue weighted by molar-refractivity contribution is -0.149. The van der Waals surface area contributed by atoms with Crippen molar-refractivity contribution in [2.75, 3.05) is 13.3 Å². The standard InChI is InChI=1S/C16H14BrNO6S/c1-8(2)24-14(19)6-18-15(20)13(25-16(18)21)4-9-3-11-12(5-10(9)17)23-7-22-11/h3-5,8H,6-7H2,1-2H3/b13-4-. The Labute approximate surface area is 156 Å². The van der Waals surface area contributed by atoms with Crippen molar-refractivity contribution in [3.63, 3.8) is 0 Å². The van der Waals surface area contributed by atoms with Gasteiger partial charge in [-0.25, -0.2) is 0 Å². The van der Waals surface area contributed by atoms with E-state index >= 15 is 0 Å². The first-order chi connectivity index (χ1) is 11.8. The Kier molecular flexibility index (Phi) is 5.05. The second kappa shape index (κ2) is 7.09. The number of benzene rings is 1. The second-order valence-corrected chi connectivity index (χ2v) is 7.38. The van der Waals surface area contributed by atoms with Crippen molar-refractivity contribution in [1.29, 1.82) is 0 Å². The molecule has 1 fully saturated rings. The van der Waals surface area contributed by atoms with Gasteiger partial charge in [-0.1, -0.05) is 15.9 Å². The Morgan fingerprint density at radius 2 is 2.04 bits per heavy atom. The van der Waals surface area contributed by atoms with Crippen molar-refractivity contribution in [3.8, 4) is 11.5 Å². The first-order valence-corrected chi connectivity index (χ1v) is 9.00. The van der Waals surface area contributed by atoms with E-state index in [4.69, 9.17) is 14.2 Å². The molecular weight excluding hydrogens is 414 g/mol. The second-order valence-electron chi connectivity index (χ2n) is 5.53. The number of carbonyl (C=O) groups excluding carboxylic acids is 3. The third-order valence-electron chi connectivity index (χ3n) is 3.31. The Bertz CT molecular complexity index is 791. The summed E-state index contributed by atoms with van der Waals surface area (Å²) in [5.41, 5.74) is 0.666. The van der Waals surface area contributed by atoms with E-state index in [-0.39, 0.29) is 17.8 Å². The monoisotopic (exact) mass is 427 g/mol. The Morgan fingerprint density at radius 3 is 2.72 bits per heavy atom. The van der Waals surface area contributed by atoms with E-state index in [1.165, 1.54) is 0 Å². The van der Waals surface area contributed by atoms with Crippen LogP contribution in [0.15, 0.2) is 21.5 Å². The van der Waals surface area contributed by atoms with Gasteiger partial charge >= 0.3 is 5.97 Å². The number of thioether (sulfide) groups is 1. The van der Waals surface area contributed by atoms with E-state index in [0.717, 1.165) is 16.7 Å². The van der Waals surface area contributed by atoms with Crippen LogP contribution in [0.1, 0.15) is 19.4 Å². The van der Waals surface area contributed by atoms with Crippen molar-refractivity contribution in [2.45, 2.75) is 20.0 Å². The van der Waals surface area contributed by atoms with Crippen LogP contribution in [0.4, 0.5) is 4.79 Å². The van der Waals surface area contributed by atoms with Crippen LogP contribution >= 0.6 is 27.7 Å². The number of halogens is 1. The summed E-state index contributed by atoms with van der Waals surface area (Å²) in [7, 11) is 0. The molecule has 0 saturated carbocycles. The van der Waals surface area contributed by atoms with Crippen LogP contribution in [0.2, 0.25) is 0 Å². The largest absolute Gasteiger partial charge is 0.462 e. The predicted octanol–water partition coefficient (Wildman–Crippen LogP) is 3.17. The van der Waals surface area contributed by atoms with E-state index in [2.05, 4.69) is 15.9 Å². The molecule has 0 aromatic heterocycles. The number of rotatable bonds is 4. The number of carbonyl (C=O) groups is 3. The maximum Gasteiger partial charge on any atom is 0.326 e. The van der Waals surface area contributed by atoms with Crippen molar-refractivity contribution < 1.29 is 28.6 Å². The molecule has 2 heterocycles. The minimum absolute atomic E-state index is 0.139. The molecule has 2 amide bonds. The summed E-state index contributed by atoms with van der Waals surface area (Å²) >= 11 is 4.18. The molecule has 3 rings (SSSR count). The Morgan fingerprint density at radius 1 is 1.36 bits per heavy atom. The predicted molar refractivity (Wildman–Crippen MR) is 94.2 cm³/mol. The molecule has 1 saturated heterocycles. The van der Waals surface area contributed by atoms with Crippen LogP contribution < -0.4 is 9.47 Å². The van der Waals surface area contributed by atoms with Gasteiger partial charge in [-0.3, -0.25) is 19.3 Å². The first-order valence-electron chi connectivity index (χ1n) is 7.39. The topological polar surface area (TPSA) is 82.1 Å². The summed E-state index contributed by atoms with van der Waals surface area (Å²) in [6.45, 7) is 3.13. The van der Waals surface area contributed by atoms with Gasteiger partial charge in [0.25, 0.3) is 11.1 Å². The lowest BCUT2D eigenvalue weighted by atomic mass is 10.2. The first kappa shape index (κ1) is 17.8. The highest BCUT2D eigenvalue weighted by atomic mass is 79.9. The number of hydrogen-bond acceptors (Lipinski definition) is 7. The molecule has 132 valence electrons. The molecule has 0 atom stereocenters. The number of ether oxygens (including phenoxy) is 3. The van der Waals surface area contributed by atoms with Crippen LogP contribution in [-0.4, -0.2) is 41.5 Å². The average molecular weight is 428 g/mol. The van der Waals surface area contributed by atoms with Crippen molar-refractivity contribution in [1.82, 2.24) is 4.90 Å². The van der Waals surface area contributed by atoms with Crippen LogP contribution in [-0.2, 0) is 14.3 Å². The third kappa shape index (κ3) is 3.82. The minimum atomic E-state index is -0.622. The number of nitrogens with zero attached hydrogens (tertiary/aromatic N) is 1. The third-order valence-corrected chi connectivity index (χ3v) is 4.90. The molecule has 1 aromatic rings. The lowest BCUT2D eigenvalue weighted by Crippen LogP contribution is -2.35. The molecule has 0 spiro atoms. The highest BCUT2D eigenvalue weighted by molar-refractivity contribution is 9.10. The van der Waals surface area contributed by atoms with E-state index in [1.54, 1.807) is 32.1 Å². The number of hydrogen-bond donors (Lipinski definition) is 0. The highest BCUT2D eigenvalue weighted by Gasteiger charge is 2.37. The van der Waals surface area contributed by atoms with Crippen LogP contribution in [0.5, 0.6) is 11.5 Å². The molecule has 9 heteroatoms. The number of esters is 1. The fourth-order valence-corrected chi connectivity index (χ4v) is 3.52. The van der Waals surface area contributed by atoms with Crippen molar-refractivity contribution >= 4 is 50.9 Å². The molecule has 2 aliphatic heterocycles. The zero-order valence-electron chi connectivity index (χ0n) is 13.4. The van der Waals surface area contributed by atoms with Crippen molar-refractivity contribution in [2.24, 2.45) is 0 Å². The zero-order valence-corrected chi connectivity index (χ0v) is 15.8. The van der Waals surface area contributed by atoms with Gasteiger partial charge in [0.15, 0.2) is 11.5 Å². The van der Waals surface area contributed by atoms with Gasteiger partial charge in [-0.2, -0.15) is 0 Å². The van der Waals surface area contributed by atoms with Gasteiger partial charge in [-0.15, -0.1) is 0 Å². The van der Waals surface area contributed by atoms with Crippen LogP contribution in [0, 0.1) is 0 Å². The van der Waals surface area contributed by atoms with E-state index in [0.29, 0.717) is 21.5 Å². The zero-order chi connectivity index (χ0) is 18.1. The molecule has 0 radical (unpaired) electrons. The number of fused-ring (bicyclic) bond motifs is 1. The van der Waals surface area contributed by atoms with E-state index in [1.807, 2.05) is 0 Å². The van der Waals surface area contributed by atoms with Gasteiger partial charge in [0, 0.05) is 4.47 Å². The van der Waals surface area contributed by atoms with Gasteiger partial charge < -0.3 is 14.2 Å². The van der Waals surface area contributed by atoms with E-state index in [9.17, 15) is 14.4 Å². The average Bonchev–Trinajstić information content (AvgIpc) is 3.06. The molecule has 7 nitrogen and oxygen atoms in total. The molecule has 0 aliphatic carbocycles.